The molecular formula is C15H29N3O2. The second-order valence-electron chi connectivity index (χ2n) is 6.68. The van der Waals surface area contributed by atoms with E-state index in [1.54, 1.807) is 0 Å². The standard InChI is InChI=1S/C15H29N3O2/c1-5-16-14(20)17-13(19)11-18-9-6-7-12(8-10-18)15(2,3)4/h12H,5-11H2,1-4H3,(H2,16,17,19,20). The molecule has 1 atom stereocenters. The molecule has 0 saturated carbocycles. The molecule has 116 valence electrons. The Kier molecular flexibility index (Phi) is 6.46. The van der Waals surface area contributed by atoms with Crippen molar-refractivity contribution in [2.45, 2.75) is 47.0 Å². The average Bonchev–Trinajstić information content (AvgIpc) is 2.53. The SMILES string of the molecule is CCNC(=O)NC(=O)CN1CCCC(C(C)(C)C)CC1. The van der Waals surface area contributed by atoms with Crippen molar-refractivity contribution < 1.29 is 9.59 Å². The first-order valence-corrected chi connectivity index (χ1v) is 7.63. The highest BCUT2D eigenvalue weighted by Crippen LogP contribution is 2.34. The monoisotopic (exact) mass is 283 g/mol. The minimum absolute atomic E-state index is 0.217. The topological polar surface area (TPSA) is 61.4 Å². The van der Waals surface area contributed by atoms with Crippen LogP contribution in [-0.4, -0.2) is 43.0 Å². The van der Waals surface area contributed by atoms with Crippen LogP contribution >= 0.6 is 0 Å². The number of likely N-dealkylation sites (tertiary alicyclic amines) is 1. The molecule has 0 aromatic rings. The number of nitrogens with zero attached hydrogens (tertiary/aromatic N) is 1. The molecule has 1 fully saturated rings. The second kappa shape index (κ2) is 7.62. The fraction of sp³-hybridized carbons (Fsp3) is 0.867. The normalized spacial score (nSPS) is 21.1. The molecule has 0 radical (unpaired) electrons. The molecule has 0 spiro atoms. The first-order valence-electron chi connectivity index (χ1n) is 7.63. The zero-order valence-electron chi connectivity index (χ0n) is 13.3. The summed E-state index contributed by atoms with van der Waals surface area (Å²) in [6, 6.07) is -0.403. The van der Waals surface area contributed by atoms with E-state index in [-0.39, 0.29) is 5.91 Å². The molecule has 0 bridgehead atoms. The van der Waals surface area contributed by atoms with Gasteiger partial charge in [0.1, 0.15) is 0 Å². The second-order valence-corrected chi connectivity index (χ2v) is 6.68. The van der Waals surface area contributed by atoms with Crippen molar-refractivity contribution in [2.75, 3.05) is 26.2 Å². The van der Waals surface area contributed by atoms with Gasteiger partial charge < -0.3 is 5.32 Å². The van der Waals surface area contributed by atoms with Gasteiger partial charge in [0.2, 0.25) is 5.91 Å². The van der Waals surface area contributed by atoms with Crippen LogP contribution in [0.2, 0.25) is 0 Å². The lowest BCUT2D eigenvalue weighted by molar-refractivity contribution is -0.121. The van der Waals surface area contributed by atoms with Gasteiger partial charge in [-0.2, -0.15) is 0 Å². The quantitative estimate of drug-likeness (QED) is 0.832. The summed E-state index contributed by atoms with van der Waals surface area (Å²) >= 11 is 0. The molecule has 20 heavy (non-hydrogen) atoms. The van der Waals surface area contributed by atoms with Gasteiger partial charge in [-0.05, 0) is 50.6 Å². The molecule has 5 nitrogen and oxygen atoms in total. The van der Waals surface area contributed by atoms with Gasteiger partial charge in [-0.3, -0.25) is 15.0 Å². The Morgan fingerprint density at radius 3 is 2.50 bits per heavy atom. The van der Waals surface area contributed by atoms with Crippen LogP contribution in [0.5, 0.6) is 0 Å². The number of carbonyl (C=O) groups is 2. The van der Waals surface area contributed by atoms with Crippen LogP contribution in [0.4, 0.5) is 4.79 Å². The van der Waals surface area contributed by atoms with E-state index < -0.39 is 6.03 Å². The van der Waals surface area contributed by atoms with Gasteiger partial charge in [-0.15, -0.1) is 0 Å². The third kappa shape index (κ3) is 5.90. The van der Waals surface area contributed by atoms with Crippen molar-refractivity contribution in [1.29, 1.82) is 0 Å². The highest BCUT2D eigenvalue weighted by molar-refractivity contribution is 5.95. The van der Waals surface area contributed by atoms with Crippen LogP contribution in [0.3, 0.4) is 0 Å². The maximum Gasteiger partial charge on any atom is 0.321 e. The highest BCUT2D eigenvalue weighted by Gasteiger charge is 2.27. The zero-order valence-corrected chi connectivity index (χ0v) is 13.3. The van der Waals surface area contributed by atoms with Gasteiger partial charge in [0.05, 0.1) is 6.54 Å². The third-order valence-corrected chi connectivity index (χ3v) is 4.00. The van der Waals surface area contributed by atoms with Gasteiger partial charge in [0.15, 0.2) is 0 Å². The summed E-state index contributed by atoms with van der Waals surface area (Å²) in [6.45, 7) is 11.4. The largest absolute Gasteiger partial charge is 0.338 e. The van der Waals surface area contributed by atoms with Crippen molar-refractivity contribution in [1.82, 2.24) is 15.5 Å². The maximum absolute atomic E-state index is 11.8. The van der Waals surface area contributed by atoms with E-state index in [2.05, 4.69) is 36.3 Å². The van der Waals surface area contributed by atoms with Crippen molar-refractivity contribution in [2.24, 2.45) is 11.3 Å². The Hall–Kier alpha value is -1.10. The maximum atomic E-state index is 11.8. The summed E-state index contributed by atoms with van der Waals surface area (Å²) in [5.41, 5.74) is 0.333. The van der Waals surface area contributed by atoms with Crippen molar-refractivity contribution in [3.8, 4) is 0 Å². The molecule has 0 aliphatic carbocycles. The molecule has 1 aliphatic heterocycles. The van der Waals surface area contributed by atoms with Crippen LogP contribution in [-0.2, 0) is 4.79 Å². The van der Waals surface area contributed by atoms with Gasteiger partial charge >= 0.3 is 6.03 Å². The van der Waals surface area contributed by atoms with E-state index in [4.69, 9.17) is 0 Å². The summed E-state index contributed by atoms with van der Waals surface area (Å²) in [5, 5.41) is 4.92. The molecule has 0 aromatic heterocycles. The molecule has 3 amide bonds. The van der Waals surface area contributed by atoms with Crippen molar-refractivity contribution in [3.63, 3.8) is 0 Å². The van der Waals surface area contributed by atoms with Crippen LogP contribution in [0.25, 0.3) is 0 Å². The van der Waals surface area contributed by atoms with Crippen LogP contribution in [0.1, 0.15) is 47.0 Å². The zero-order chi connectivity index (χ0) is 15.2. The van der Waals surface area contributed by atoms with E-state index in [0.29, 0.717) is 24.4 Å². The number of carbonyl (C=O) groups excluding carboxylic acids is 2. The Morgan fingerprint density at radius 1 is 1.20 bits per heavy atom. The summed E-state index contributed by atoms with van der Waals surface area (Å²) in [6.07, 6.45) is 3.46. The van der Waals surface area contributed by atoms with Crippen LogP contribution in [0, 0.1) is 11.3 Å². The van der Waals surface area contributed by atoms with Gasteiger partial charge in [-0.1, -0.05) is 20.8 Å². The Labute approximate surface area is 122 Å². The summed E-state index contributed by atoms with van der Waals surface area (Å²) < 4.78 is 0. The summed E-state index contributed by atoms with van der Waals surface area (Å²) in [4.78, 5) is 25.2. The molecule has 0 aromatic carbocycles. The molecule has 1 rings (SSSR count). The minimum atomic E-state index is -0.403. The lowest BCUT2D eigenvalue weighted by atomic mass is 9.77. The van der Waals surface area contributed by atoms with E-state index in [1.807, 2.05) is 6.92 Å². The lowest BCUT2D eigenvalue weighted by Crippen LogP contribution is -2.44. The minimum Gasteiger partial charge on any atom is -0.338 e. The Morgan fingerprint density at radius 2 is 1.90 bits per heavy atom. The van der Waals surface area contributed by atoms with Crippen LogP contribution < -0.4 is 10.6 Å². The van der Waals surface area contributed by atoms with Crippen molar-refractivity contribution >= 4 is 11.9 Å². The average molecular weight is 283 g/mol. The number of imide groups is 1. The Bertz CT molecular complexity index is 337. The van der Waals surface area contributed by atoms with Gasteiger partial charge in [0, 0.05) is 6.54 Å². The molecule has 2 N–H and O–H groups in total. The van der Waals surface area contributed by atoms with Gasteiger partial charge in [-0.25, -0.2) is 4.79 Å². The van der Waals surface area contributed by atoms with Crippen molar-refractivity contribution in [3.05, 3.63) is 0 Å². The lowest BCUT2D eigenvalue weighted by Gasteiger charge is -2.29. The van der Waals surface area contributed by atoms with E-state index >= 15 is 0 Å². The predicted molar refractivity (Wildman–Crippen MR) is 80.5 cm³/mol. The predicted octanol–water partition coefficient (Wildman–Crippen LogP) is 1.98. The van der Waals surface area contributed by atoms with E-state index in [9.17, 15) is 9.59 Å². The molecule has 1 unspecified atom stereocenters. The number of rotatable bonds is 3. The molecule has 1 saturated heterocycles. The number of nitrogens with one attached hydrogen (secondary N) is 2. The highest BCUT2D eigenvalue weighted by atomic mass is 16.2. The summed E-state index contributed by atoms with van der Waals surface area (Å²) in [5.74, 6) is 0.490. The third-order valence-electron chi connectivity index (χ3n) is 4.00. The first-order chi connectivity index (χ1) is 9.32. The number of urea groups is 1. The molecule has 1 heterocycles. The first kappa shape index (κ1) is 17.0. The van der Waals surface area contributed by atoms with E-state index in [1.165, 1.54) is 6.42 Å². The number of amides is 3. The number of hydrogen-bond donors (Lipinski definition) is 2. The fourth-order valence-electron chi connectivity index (χ4n) is 2.75. The Balaban J connectivity index is 2.38. The molecule has 1 aliphatic rings. The smallest absolute Gasteiger partial charge is 0.321 e. The van der Waals surface area contributed by atoms with Crippen LogP contribution in [0.15, 0.2) is 0 Å². The summed E-state index contributed by atoms with van der Waals surface area (Å²) in [7, 11) is 0. The van der Waals surface area contributed by atoms with E-state index in [0.717, 1.165) is 25.9 Å². The fourth-order valence-corrected chi connectivity index (χ4v) is 2.75. The van der Waals surface area contributed by atoms with Gasteiger partial charge in [0.25, 0.3) is 0 Å². The number of hydrogen-bond acceptors (Lipinski definition) is 3. The molecular weight excluding hydrogens is 254 g/mol. The molecule has 5 heteroatoms.